The first-order valence-corrected chi connectivity index (χ1v) is 13.5. The molecular weight excluding hydrogens is 505 g/mol. The van der Waals surface area contributed by atoms with Crippen LogP contribution in [0.25, 0.3) is 11.1 Å². The van der Waals surface area contributed by atoms with Crippen molar-refractivity contribution >= 4 is 23.8 Å². The smallest absolute Gasteiger partial charge is 0.303 e. The quantitative estimate of drug-likeness (QED) is 0.178. The first kappa shape index (κ1) is 31.4. The van der Waals surface area contributed by atoms with Crippen LogP contribution in [0.1, 0.15) is 97.9 Å². The Bertz CT molecular complexity index is 1110. The Labute approximate surface area is 228 Å². The number of amides is 2. The van der Waals surface area contributed by atoms with E-state index >= 15 is 0 Å². The van der Waals surface area contributed by atoms with Crippen molar-refractivity contribution in [2.24, 2.45) is 0 Å². The van der Waals surface area contributed by atoms with Gasteiger partial charge in [-0.25, -0.2) is 4.39 Å². The lowest BCUT2D eigenvalue weighted by molar-refractivity contribution is -0.138. The van der Waals surface area contributed by atoms with Crippen molar-refractivity contribution in [1.29, 1.82) is 0 Å². The number of unbranched alkanes of at least 4 members (excludes halogenated alkanes) is 8. The molecule has 0 radical (unpaired) electrons. The zero-order valence-electron chi connectivity index (χ0n) is 22.2. The third kappa shape index (κ3) is 12.1. The standard InChI is InChI=1S/C29H38FN3O6/c30-23-13-11-12-22(27(23)29(39)33-18-10-6-2-4-8-15-26(36)37)21-16-19-31-24(20-21)28(38)32-17-9-5-1-3-7-14-25(34)35/h11-13,16,19-20H,1-10,14-15,17-18H2,(H,32,38)(H,33,39)(H,34,35)(H,36,37). The van der Waals surface area contributed by atoms with Gasteiger partial charge in [0, 0.05) is 32.1 Å². The average molecular weight is 544 g/mol. The minimum atomic E-state index is -0.803. The molecule has 0 spiro atoms. The van der Waals surface area contributed by atoms with Crippen LogP contribution in [0.2, 0.25) is 0 Å². The number of aliphatic carboxylic acids is 2. The number of benzene rings is 1. The Balaban J connectivity index is 1.88. The van der Waals surface area contributed by atoms with Crippen LogP contribution in [0.4, 0.5) is 4.39 Å². The first-order chi connectivity index (χ1) is 18.8. The van der Waals surface area contributed by atoms with E-state index < -0.39 is 23.7 Å². The highest BCUT2D eigenvalue weighted by molar-refractivity contribution is 6.02. The molecule has 0 atom stereocenters. The van der Waals surface area contributed by atoms with Crippen LogP contribution in [-0.2, 0) is 9.59 Å². The minimum Gasteiger partial charge on any atom is -0.481 e. The number of aromatic nitrogens is 1. The van der Waals surface area contributed by atoms with Crippen LogP contribution < -0.4 is 10.6 Å². The summed E-state index contributed by atoms with van der Waals surface area (Å²) in [5.41, 5.74) is 0.919. The van der Waals surface area contributed by atoms with Gasteiger partial charge in [0.2, 0.25) is 0 Å². The molecule has 0 saturated heterocycles. The number of pyridine rings is 1. The van der Waals surface area contributed by atoms with Crippen LogP contribution in [0.5, 0.6) is 0 Å². The third-order valence-electron chi connectivity index (χ3n) is 6.25. The number of rotatable bonds is 19. The van der Waals surface area contributed by atoms with Gasteiger partial charge in [-0.2, -0.15) is 0 Å². The molecule has 0 aliphatic heterocycles. The van der Waals surface area contributed by atoms with Gasteiger partial charge >= 0.3 is 11.9 Å². The molecule has 0 aliphatic rings. The zero-order valence-corrected chi connectivity index (χ0v) is 22.2. The Kier molecular flexibility index (Phi) is 14.2. The summed E-state index contributed by atoms with van der Waals surface area (Å²) in [5.74, 6) is -3.16. The fraction of sp³-hybridized carbons (Fsp3) is 0.483. The summed E-state index contributed by atoms with van der Waals surface area (Å²) in [6, 6.07) is 7.51. The average Bonchev–Trinajstić information content (AvgIpc) is 2.91. The van der Waals surface area contributed by atoms with Gasteiger partial charge in [0.05, 0.1) is 5.56 Å². The summed E-state index contributed by atoms with van der Waals surface area (Å²) in [6.45, 7) is 0.825. The number of carbonyl (C=O) groups is 4. The molecule has 0 saturated carbocycles. The fourth-order valence-corrected chi connectivity index (χ4v) is 4.16. The first-order valence-electron chi connectivity index (χ1n) is 13.5. The molecule has 4 N–H and O–H groups in total. The van der Waals surface area contributed by atoms with Gasteiger partial charge < -0.3 is 20.8 Å². The van der Waals surface area contributed by atoms with E-state index in [-0.39, 0.29) is 30.0 Å². The number of hydrogen-bond donors (Lipinski definition) is 4. The van der Waals surface area contributed by atoms with Crippen molar-refractivity contribution < 1.29 is 33.8 Å². The second-order valence-electron chi connectivity index (χ2n) is 9.43. The maximum absolute atomic E-state index is 14.7. The maximum atomic E-state index is 14.7. The van der Waals surface area contributed by atoms with Crippen molar-refractivity contribution in [3.05, 3.63) is 53.6 Å². The molecule has 2 aromatic rings. The Morgan fingerprint density at radius 1 is 0.718 bits per heavy atom. The zero-order chi connectivity index (χ0) is 28.5. The van der Waals surface area contributed by atoms with Gasteiger partial charge in [-0.05, 0) is 55.0 Å². The highest BCUT2D eigenvalue weighted by atomic mass is 19.1. The molecule has 212 valence electrons. The van der Waals surface area contributed by atoms with E-state index in [4.69, 9.17) is 10.2 Å². The molecule has 0 aliphatic carbocycles. The lowest BCUT2D eigenvalue weighted by Gasteiger charge is -2.12. The summed E-state index contributed by atoms with van der Waals surface area (Å²) in [6.07, 6.45) is 9.62. The molecule has 2 amide bonds. The molecular formula is C29H38FN3O6. The topological polar surface area (TPSA) is 146 Å². The summed E-state index contributed by atoms with van der Waals surface area (Å²) >= 11 is 0. The summed E-state index contributed by atoms with van der Waals surface area (Å²) < 4.78 is 14.7. The van der Waals surface area contributed by atoms with E-state index in [0.717, 1.165) is 44.9 Å². The van der Waals surface area contributed by atoms with Crippen LogP contribution in [0.3, 0.4) is 0 Å². The molecule has 0 fully saturated rings. The number of nitrogens with zero attached hydrogens (tertiary/aromatic N) is 1. The molecule has 10 heteroatoms. The summed E-state index contributed by atoms with van der Waals surface area (Å²) in [7, 11) is 0. The van der Waals surface area contributed by atoms with E-state index in [9.17, 15) is 23.6 Å². The second-order valence-corrected chi connectivity index (χ2v) is 9.43. The molecule has 0 bridgehead atoms. The summed E-state index contributed by atoms with van der Waals surface area (Å²) in [4.78, 5) is 50.7. The van der Waals surface area contributed by atoms with Crippen molar-refractivity contribution in [2.45, 2.75) is 77.0 Å². The van der Waals surface area contributed by atoms with Crippen LogP contribution in [0.15, 0.2) is 36.5 Å². The number of carboxylic acids is 2. The normalized spacial score (nSPS) is 10.7. The number of halogens is 1. The fourth-order valence-electron chi connectivity index (χ4n) is 4.16. The van der Waals surface area contributed by atoms with Crippen LogP contribution in [0, 0.1) is 5.82 Å². The predicted molar refractivity (Wildman–Crippen MR) is 145 cm³/mol. The Morgan fingerprint density at radius 2 is 1.26 bits per heavy atom. The monoisotopic (exact) mass is 543 g/mol. The van der Waals surface area contributed by atoms with Crippen molar-refractivity contribution in [2.75, 3.05) is 13.1 Å². The number of carbonyl (C=O) groups excluding carboxylic acids is 2. The molecule has 9 nitrogen and oxygen atoms in total. The largest absolute Gasteiger partial charge is 0.481 e. The van der Waals surface area contributed by atoms with Crippen LogP contribution >= 0.6 is 0 Å². The number of hydrogen-bond acceptors (Lipinski definition) is 5. The van der Waals surface area contributed by atoms with E-state index in [2.05, 4.69) is 15.6 Å². The van der Waals surface area contributed by atoms with Gasteiger partial charge in [0.15, 0.2) is 0 Å². The van der Waals surface area contributed by atoms with Crippen molar-refractivity contribution in [1.82, 2.24) is 15.6 Å². The highest BCUT2D eigenvalue weighted by Gasteiger charge is 2.19. The molecule has 0 unspecified atom stereocenters. The van der Waals surface area contributed by atoms with Gasteiger partial charge in [0.1, 0.15) is 11.5 Å². The van der Waals surface area contributed by atoms with Gasteiger partial charge in [0.25, 0.3) is 11.8 Å². The van der Waals surface area contributed by atoms with Gasteiger partial charge in [-0.15, -0.1) is 0 Å². The van der Waals surface area contributed by atoms with Crippen molar-refractivity contribution in [3.8, 4) is 11.1 Å². The van der Waals surface area contributed by atoms with E-state index in [1.165, 1.54) is 24.4 Å². The van der Waals surface area contributed by atoms with Gasteiger partial charge in [-0.1, -0.05) is 50.7 Å². The number of nitrogens with one attached hydrogen (secondary N) is 2. The lowest BCUT2D eigenvalue weighted by atomic mass is 9.98. The van der Waals surface area contributed by atoms with Gasteiger partial charge in [-0.3, -0.25) is 24.2 Å². The highest BCUT2D eigenvalue weighted by Crippen LogP contribution is 2.26. The van der Waals surface area contributed by atoms with E-state index in [0.29, 0.717) is 43.5 Å². The Hall–Kier alpha value is -3.82. The lowest BCUT2D eigenvalue weighted by Crippen LogP contribution is -2.26. The van der Waals surface area contributed by atoms with Crippen molar-refractivity contribution in [3.63, 3.8) is 0 Å². The van der Waals surface area contributed by atoms with Crippen LogP contribution in [-0.4, -0.2) is 52.0 Å². The third-order valence-corrected chi connectivity index (χ3v) is 6.25. The Morgan fingerprint density at radius 3 is 1.85 bits per heavy atom. The van der Waals surface area contributed by atoms with E-state index in [1.807, 2.05) is 0 Å². The minimum absolute atomic E-state index is 0.0978. The number of carboxylic acid groups (broad SMARTS) is 2. The maximum Gasteiger partial charge on any atom is 0.303 e. The molecule has 1 heterocycles. The molecule has 39 heavy (non-hydrogen) atoms. The van der Waals surface area contributed by atoms with E-state index in [1.54, 1.807) is 12.1 Å². The second kappa shape index (κ2) is 17.6. The summed E-state index contributed by atoms with van der Waals surface area (Å²) in [5, 5.41) is 22.9. The molecule has 1 aromatic carbocycles. The predicted octanol–water partition coefficient (Wildman–Crippen LogP) is 5.20. The molecule has 1 aromatic heterocycles. The SMILES string of the molecule is O=C(O)CCCCCCCNC(=O)c1cc(-c2cccc(F)c2C(=O)NCCCCCCCC(=O)O)ccn1. The molecule has 2 rings (SSSR count).